The molecule has 0 aliphatic carbocycles. The van der Waals surface area contributed by atoms with Crippen LogP contribution in [0.2, 0.25) is 0 Å². The maximum atomic E-state index is 10.1. The van der Waals surface area contributed by atoms with Crippen LogP contribution in [-0.4, -0.2) is 23.3 Å². The third-order valence-corrected chi connectivity index (χ3v) is 3.51. The number of nitrogens with one attached hydrogen (secondary N) is 1. The van der Waals surface area contributed by atoms with E-state index in [4.69, 9.17) is 0 Å². The molecule has 0 bridgehead atoms. The molecule has 0 rings (SSSR count). The molecule has 0 spiro atoms. The Hall–Kier alpha value is -0.0800. The van der Waals surface area contributed by atoms with Crippen LogP contribution >= 0.6 is 0 Å². The molecular formula is C14H31NO. The van der Waals surface area contributed by atoms with Crippen molar-refractivity contribution in [1.82, 2.24) is 5.32 Å². The Kier molecular flexibility index (Phi) is 8.04. The molecule has 0 heterocycles. The molecule has 2 heteroatoms. The molecule has 98 valence electrons. The normalized spacial score (nSPS) is 14.4. The molecule has 0 amide bonds. The van der Waals surface area contributed by atoms with Gasteiger partial charge in [-0.05, 0) is 32.1 Å². The predicted molar refractivity (Wildman–Crippen MR) is 71.7 cm³/mol. The molecule has 0 aliphatic heterocycles. The molecule has 0 saturated carbocycles. The minimum Gasteiger partial charge on any atom is -0.389 e. The molecule has 0 aromatic rings. The van der Waals surface area contributed by atoms with Gasteiger partial charge in [0, 0.05) is 12.6 Å². The smallest absolute Gasteiger partial charge is 0.0766 e. The van der Waals surface area contributed by atoms with Crippen LogP contribution in [0.25, 0.3) is 0 Å². The fourth-order valence-electron chi connectivity index (χ4n) is 1.80. The highest BCUT2D eigenvalue weighted by Crippen LogP contribution is 2.14. The highest BCUT2D eigenvalue weighted by molar-refractivity contribution is 4.79. The lowest BCUT2D eigenvalue weighted by molar-refractivity contribution is 0.0300. The lowest BCUT2D eigenvalue weighted by Crippen LogP contribution is -2.42. The number of hydrogen-bond donors (Lipinski definition) is 2. The van der Waals surface area contributed by atoms with Crippen molar-refractivity contribution in [2.75, 3.05) is 6.54 Å². The van der Waals surface area contributed by atoms with E-state index >= 15 is 0 Å². The molecule has 0 aromatic heterocycles. The van der Waals surface area contributed by atoms with Gasteiger partial charge >= 0.3 is 0 Å². The molecular weight excluding hydrogens is 198 g/mol. The first-order valence-electron chi connectivity index (χ1n) is 6.89. The summed E-state index contributed by atoms with van der Waals surface area (Å²) in [7, 11) is 0. The summed E-state index contributed by atoms with van der Waals surface area (Å²) in [6.07, 6.45) is 5.45. The highest BCUT2D eigenvalue weighted by atomic mass is 16.3. The van der Waals surface area contributed by atoms with Crippen LogP contribution in [0.3, 0.4) is 0 Å². The zero-order valence-corrected chi connectivity index (χ0v) is 11.8. The average molecular weight is 229 g/mol. The van der Waals surface area contributed by atoms with Crippen molar-refractivity contribution in [3.8, 4) is 0 Å². The fourth-order valence-corrected chi connectivity index (χ4v) is 1.80. The average Bonchev–Trinajstić information content (AvgIpc) is 2.25. The maximum Gasteiger partial charge on any atom is 0.0766 e. The standard InChI is InChI=1S/C14H31NO/c1-6-14(16,7-2)11-15-13(5)10-8-9-12(3)4/h12-13,15-16H,6-11H2,1-5H3. The highest BCUT2D eigenvalue weighted by Gasteiger charge is 2.22. The lowest BCUT2D eigenvalue weighted by Gasteiger charge is -2.27. The van der Waals surface area contributed by atoms with Gasteiger partial charge in [-0.3, -0.25) is 0 Å². The maximum absolute atomic E-state index is 10.1. The first-order chi connectivity index (χ1) is 7.43. The molecule has 0 fully saturated rings. The van der Waals surface area contributed by atoms with Gasteiger partial charge in [0.15, 0.2) is 0 Å². The zero-order valence-electron chi connectivity index (χ0n) is 11.8. The summed E-state index contributed by atoms with van der Waals surface area (Å²) in [5.74, 6) is 0.801. The Labute approximate surface area is 102 Å². The predicted octanol–water partition coefficient (Wildman–Crippen LogP) is 3.34. The summed E-state index contributed by atoms with van der Waals surface area (Å²) in [6, 6.07) is 0.517. The van der Waals surface area contributed by atoms with Crippen molar-refractivity contribution >= 4 is 0 Å². The van der Waals surface area contributed by atoms with Crippen molar-refractivity contribution in [3.05, 3.63) is 0 Å². The molecule has 1 unspecified atom stereocenters. The van der Waals surface area contributed by atoms with E-state index < -0.39 is 5.60 Å². The summed E-state index contributed by atoms with van der Waals surface area (Å²) < 4.78 is 0. The zero-order chi connectivity index (χ0) is 12.6. The molecule has 2 N–H and O–H groups in total. The lowest BCUT2D eigenvalue weighted by atomic mass is 9.96. The summed E-state index contributed by atoms with van der Waals surface area (Å²) in [6.45, 7) is 11.6. The SMILES string of the molecule is CCC(O)(CC)CNC(C)CCCC(C)C. The van der Waals surface area contributed by atoms with Gasteiger partial charge in [0.2, 0.25) is 0 Å². The van der Waals surface area contributed by atoms with E-state index in [1.54, 1.807) is 0 Å². The van der Waals surface area contributed by atoms with Crippen molar-refractivity contribution in [2.45, 2.75) is 78.4 Å². The second kappa shape index (κ2) is 8.08. The van der Waals surface area contributed by atoms with Gasteiger partial charge in [0.25, 0.3) is 0 Å². The van der Waals surface area contributed by atoms with E-state index in [-0.39, 0.29) is 0 Å². The number of aliphatic hydroxyl groups is 1. The quantitative estimate of drug-likeness (QED) is 0.635. The van der Waals surface area contributed by atoms with E-state index in [9.17, 15) is 5.11 Å². The third kappa shape index (κ3) is 7.24. The van der Waals surface area contributed by atoms with Crippen LogP contribution in [0.4, 0.5) is 0 Å². The van der Waals surface area contributed by atoms with Crippen LogP contribution in [0, 0.1) is 5.92 Å². The molecule has 0 aliphatic rings. The van der Waals surface area contributed by atoms with E-state index in [1.165, 1.54) is 19.3 Å². The topological polar surface area (TPSA) is 32.3 Å². The monoisotopic (exact) mass is 229 g/mol. The molecule has 2 nitrogen and oxygen atoms in total. The van der Waals surface area contributed by atoms with Gasteiger partial charge in [-0.15, -0.1) is 0 Å². The van der Waals surface area contributed by atoms with E-state index in [0.29, 0.717) is 6.04 Å². The Balaban J connectivity index is 3.67. The Morgan fingerprint density at radius 1 is 1.06 bits per heavy atom. The summed E-state index contributed by atoms with van der Waals surface area (Å²) in [4.78, 5) is 0. The molecule has 0 aromatic carbocycles. The Morgan fingerprint density at radius 3 is 2.06 bits per heavy atom. The Morgan fingerprint density at radius 2 is 1.62 bits per heavy atom. The first kappa shape index (κ1) is 15.9. The third-order valence-electron chi connectivity index (χ3n) is 3.51. The number of hydrogen-bond acceptors (Lipinski definition) is 2. The van der Waals surface area contributed by atoms with Crippen LogP contribution in [0.1, 0.15) is 66.7 Å². The van der Waals surface area contributed by atoms with Crippen LogP contribution in [0.15, 0.2) is 0 Å². The summed E-state index contributed by atoms with van der Waals surface area (Å²) >= 11 is 0. The molecule has 16 heavy (non-hydrogen) atoms. The first-order valence-corrected chi connectivity index (χ1v) is 6.89. The van der Waals surface area contributed by atoms with Crippen molar-refractivity contribution in [3.63, 3.8) is 0 Å². The molecule has 0 saturated heterocycles. The van der Waals surface area contributed by atoms with Gasteiger partial charge in [-0.1, -0.05) is 40.5 Å². The van der Waals surface area contributed by atoms with Crippen LogP contribution in [-0.2, 0) is 0 Å². The Bertz CT molecular complexity index is 164. The van der Waals surface area contributed by atoms with Crippen LogP contribution < -0.4 is 5.32 Å². The second-order valence-corrected chi connectivity index (χ2v) is 5.54. The summed E-state index contributed by atoms with van der Waals surface area (Å²) in [5.41, 5.74) is -0.508. The largest absolute Gasteiger partial charge is 0.389 e. The molecule has 1 atom stereocenters. The van der Waals surface area contributed by atoms with Gasteiger partial charge in [-0.2, -0.15) is 0 Å². The molecule has 0 radical (unpaired) electrons. The van der Waals surface area contributed by atoms with E-state index in [2.05, 4.69) is 39.9 Å². The van der Waals surface area contributed by atoms with Gasteiger partial charge in [0.1, 0.15) is 0 Å². The minimum atomic E-state index is -0.508. The summed E-state index contributed by atoms with van der Waals surface area (Å²) in [5, 5.41) is 13.6. The van der Waals surface area contributed by atoms with Crippen molar-refractivity contribution in [2.24, 2.45) is 5.92 Å². The van der Waals surface area contributed by atoms with Crippen molar-refractivity contribution < 1.29 is 5.11 Å². The van der Waals surface area contributed by atoms with Crippen molar-refractivity contribution in [1.29, 1.82) is 0 Å². The van der Waals surface area contributed by atoms with Gasteiger partial charge in [0.05, 0.1) is 5.60 Å². The number of rotatable bonds is 9. The van der Waals surface area contributed by atoms with Gasteiger partial charge in [-0.25, -0.2) is 0 Å². The van der Waals surface area contributed by atoms with E-state index in [0.717, 1.165) is 25.3 Å². The second-order valence-electron chi connectivity index (χ2n) is 5.54. The van der Waals surface area contributed by atoms with E-state index in [1.807, 2.05) is 0 Å². The van der Waals surface area contributed by atoms with Crippen LogP contribution in [0.5, 0.6) is 0 Å². The minimum absolute atomic E-state index is 0.508. The van der Waals surface area contributed by atoms with Gasteiger partial charge < -0.3 is 10.4 Å². The fraction of sp³-hybridized carbons (Fsp3) is 1.00.